The summed E-state index contributed by atoms with van der Waals surface area (Å²) in [5, 5.41) is 7.72. The van der Waals surface area contributed by atoms with Gasteiger partial charge in [0.1, 0.15) is 0 Å². The Hall–Kier alpha value is -2.21. The van der Waals surface area contributed by atoms with Crippen molar-refractivity contribution in [3.63, 3.8) is 0 Å². The van der Waals surface area contributed by atoms with Crippen molar-refractivity contribution < 1.29 is 14.2 Å². The van der Waals surface area contributed by atoms with E-state index in [0.717, 1.165) is 63.8 Å². The highest BCUT2D eigenvalue weighted by atomic mass is 127. The molecule has 3 rings (SSSR count). The van der Waals surface area contributed by atoms with Gasteiger partial charge in [0.2, 0.25) is 5.75 Å². The van der Waals surface area contributed by atoms with Gasteiger partial charge < -0.3 is 24.4 Å². The number of benzene rings is 1. The topological polar surface area (TPSA) is 76.4 Å². The van der Waals surface area contributed by atoms with Crippen molar-refractivity contribution in [3.05, 3.63) is 36.2 Å². The molecule has 1 N–H and O–H groups in total. The van der Waals surface area contributed by atoms with E-state index in [0.29, 0.717) is 17.2 Å². The van der Waals surface area contributed by atoms with Crippen LogP contribution in [-0.2, 0) is 13.1 Å². The lowest BCUT2D eigenvalue weighted by Gasteiger charge is -2.36. The smallest absolute Gasteiger partial charge is 0.203 e. The molecule has 0 unspecified atom stereocenters. The molecule has 1 aromatic carbocycles. The van der Waals surface area contributed by atoms with Crippen LogP contribution in [0.25, 0.3) is 0 Å². The number of rotatable bonds is 9. The summed E-state index contributed by atoms with van der Waals surface area (Å²) in [6, 6.07) is 5.99. The van der Waals surface area contributed by atoms with Crippen LogP contribution in [0.15, 0.2) is 35.6 Å². The Morgan fingerprint density at radius 2 is 1.75 bits per heavy atom. The molecule has 0 radical (unpaired) electrons. The van der Waals surface area contributed by atoms with E-state index in [4.69, 9.17) is 14.2 Å². The number of aromatic nitrogens is 2. The van der Waals surface area contributed by atoms with E-state index in [-0.39, 0.29) is 24.0 Å². The molecule has 178 valence electrons. The minimum Gasteiger partial charge on any atom is -0.493 e. The Morgan fingerprint density at radius 3 is 2.28 bits per heavy atom. The number of hydrogen-bond donors (Lipinski definition) is 1. The molecule has 9 nitrogen and oxygen atoms in total. The van der Waals surface area contributed by atoms with Crippen LogP contribution in [-0.4, -0.2) is 86.6 Å². The molecule has 1 aliphatic rings. The molecule has 0 atom stereocenters. The fourth-order valence-electron chi connectivity index (χ4n) is 3.81. The SMILES string of the molecule is CN=C(NCCCn1cccn1)N1CCN(Cc2cc(OC)c(OC)c(OC)c2)CC1.I. The zero-order chi connectivity index (χ0) is 22.1. The van der Waals surface area contributed by atoms with Crippen LogP contribution >= 0.6 is 24.0 Å². The van der Waals surface area contributed by atoms with E-state index in [9.17, 15) is 0 Å². The molecule has 0 bridgehead atoms. The van der Waals surface area contributed by atoms with Crippen molar-refractivity contribution in [2.24, 2.45) is 4.99 Å². The summed E-state index contributed by atoms with van der Waals surface area (Å²) in [5.41, 5.74) is 1.14. The number of nitrogens with zero attached hydrogens (tertiary/aromatic N) is 5. The lowest BCUT2D eigenvalue weighted by Crippen LogP contribution is -2.52. The van der Waals surface area contributed by atoms with Crippen molar-refractivity contribution in [1.82, 2.24) is 24.9 Å². The number of methoxy groups -OCH3 is 3. The average molecular weight is 558 g/mol. The van der Waals surface area contributed by atoms with Gasteiger partial charge in [0.05, 0.1) is 21.3 Å². The van der Waals surface area contributed by atoms with E-state index in [2.05, 4.69) is 25.2 Å². The Balaban J connectivity index is 0.00000363. The minimum absolute atomic E-state index is 0. The van der Waals surface area contributed by atoms with Gasteiger partial charge in [0.15, 0.2) is 17.5 Å². The Bertz CT molecular complexity index is 813. The molecule has 2 heterocycles. The highest BCUT2D eigenvalue weighted by Gasteiger charge is 2.21. The maximum absolute atomic E-state index is 5.48. The maximum atomic E-state index is 5.48. The van der Waals surface area contributed by atoms with E-state index >= 15 is 0 Å². The van der Waals surface area contributed by atoms with Crippen molar-refractivity contribution >= 4 is 29.9 Å². The standard InChI is InChI=1S/C22H34N6O3.HI/c1-23-22(24-7-5-9-28-10-6-8-25-28)27-13-11-26(12-14-27)17-18-15-19(29-2)21(31-4)20(16-18)30-3;/h6,8,10,15-16H,5,7,9,11-14,17H2,1-4H3,(H,23,24);1H. The number of aryl methyl sites for hydroxylation is 1. The summed E-state index contributed by atoms with van der Waals surface area (Å²) in [6.07, 6.45) is 4.80. The van der Waals surface area contributed by atoms with Gasteiger partial charge in [-0.2, -0.15) is 5.10 Å². The highest BCUT2D eigenvalue weighted by Crippen LogP contribution is 2.38. The second-order valence-corrected chi connectivity index (χ2v) is 7.39. The van der Waals surface area contributed by atoms with Crippen molar-refractivity contribution in [1.29, 1.82) is 0 Å². The monoisotopic (exact) mass is 558 g/mol. The number of ether oxygens (including phenoxy) is 3. The largest absolute Gasteiger partial charge is 0.493 e. The normalized spacial score (nSPS) is 14.6. The molecule has 0 spiro atoms. The van der Waals surface area contributed by atoms with Gasteiger partial charge in [-0.25, -0.2) is 0 Å². The van der Waals surface area contributed by atoms with Gasteiger partial charge in [-0.15, -0.1) is 24.0 Å². The molecule has 1 saturated heterocycles. The number of nitrogens with one attached hydrogen (secondary N) is 1. The van der Waals surface area contributed by atoms with Crippen molar-refractivity contribution in [3.8, 4) is 17.2 Å². The first kappa shape index (κ1) is 26.0. The second-order valence-electron chi connectivity index (χ2n) is 7.39. The maximum Gasteiger partial charge on any atom is 0.203 e. The zero-order valence-corrected chi connectivity index (χ0v) is 21.7. The van der Waals surface area contributed by atoms with Gasteiger partial charge in [-0.3, -0.25) is 14.6 Å². The third-order valence-electron chi connectivity index (χ3n) is 5.42. The summed E-state index contributed by atoms with van der Waals surface area (Å²) in [4.78, 5) is 9.22. The lowest BCUT2D eigenvalue weighted by atomic mass is 10.1. The number of halogens is 1. The van der Waals surface area contributed by atoms with Crippen LogP contribution in [0.5, 0.6) is 17.2 Å². The predicted octanol–water partition coefficient (Wildman–Crippen LogP) is 2.31. The molecule has 1 aliphatic heterocycles. The van der Waals surface area contributed by atoms with E-state index in [1.54, 1.807) is 21.3 Å². The van der Waals surface area contributed by atoms with Gasteiger partial charge >= 0.3 is 0 Å². The van der Waals surface area contributed by atoms with Crippen LogP contribution in [0.3, 0.4) is 0 Å². The fourth-order valence-corrected chi connectivity index (χ4v) is 3.81. The average Bonchev–Trinajstić information content (AvgIpc) is 3.32. The molecule has 0 saturated carbocycles. The van der Waals surface area contributed by atoms with Gasteiger partial charge in [0.25, 0.3) is 0 Å². The molecule has 0 amide bonds. The van der Waals surface area contributed by atoms with Crippen LogP contribution in [0.1, 0.15) is 12.0 Å². The van der Waals surface area contributed by atoms with Crippen molar-refractivity contribution in [2.45, 2.75) is 19.5 Å². The molecular weight excluding hydrogens is 523 g/mol. The van der Waals surface area contributed by atoms with E-state index < -0.39 is 0 Å². The minimum atomic E-state index is 0. The number of guanidine groups is 1. The summed E-state index contributed by atoms with van der Waals surface area (Å²) >= 11 is 0. The van der Waals surface area contributed by atoms with Crippen molar-refractivity contribution in [2.75, 3.05) is 61.1 Å². The lowest BCUT2D eigenvalue weighted by molar-refractivity contribution is 0.172. The second kappa shape index (κ2) is 13.4. The van der Waals surface area contributed by atoms with Gasteiger partial charge in [-0.05, 0) is 30.2 Å². The molecule has 10 heteroatoms. The quantitative estimate of drug-likeness (QED) is 0.219. The van der Waals surface area contributed by atoms with E-state index in [1.807, 2.05) is 42.3 Å². The summed E-state index contributed by atoms with van der Waals surface area (Å²) in [5.74, 6) is 2.97. The Morgan fingerprint density at radius 1 is 1.06 bits per heavy atom. The fraction of sp³-hybridized carbons (Fsp3) is 0.545. The first-order valence-corrected chi connectivity index (χ1v) is 10.6. The first-order valence-electron chi connectivity index (χ1n) is 10.6. The van der Waals surface area contributed by atoms with Crippen LogP contribution in [0.2, 0.25) is 0 Å². The third-order valence-corrected chi connectivity index (χ3v) is 5.42. The number of aliphatic imine (C=N–C) groups is 1. The summed E-state index contributed by atoms with van der Waals surface area (Å²) in [6.45, 7) is 6.40. The summed E-state index contributed by atoms with van der Waals surface area (Å²) in [7, 11) is 6.76. The predicted molar refractivity (Wildman–Crippen MR) is 137 cm³/mol. The van der Waals surface area contributed by atoms with Gasteiger partial charge in [-0.1, -0.05) is 0 Å². The molecule has 32 heavy (non-hydrogen) atoms. The van der Waals surface area contributed by atoms with Crippen LogP contribution in [0.4, 0.5) is 0 Å². The Kier molecular flexibility index (Phi) is 10.9. The van der Waals surface area contributed by atoms with Gasteiger partial charge in [0, 0.05) is 65.3 Å². The van der Waals surface area contributed by atoms with Crippen LogP contribution < -0.4 is 19.5 Å². The van der Waals surface area contributed by atoms with E-state index in [1.165, 1.54) is 0 Å². The number of piperazine rings is 1. The number of hydrogen-bond acceptors (Lipinski definition) is 6. The third kappa shape index (κ3) is 6.89. The molecule has 1 fully saturated rings. The molecule has 0 aliphatic carbocycles. The zero-order valence-electron chi connectivity index (χ0n) is 19.4. The molecule has 1 aromatic heterocycles. The first-order chi connectivity index (χ1) is 15.2. The Labute approximate surface area is 207 Å². The molecular formula is C22H35IN6O3. The molecule has 2 aromatic rings. The summed E-state index contributed by atoms with van der Waals surface area (Å²) < 4.78 is 18.3. The van der Waals surface area contributed by atoms with Crippen LogP contribution in [0, 0.1) is 0 Å². The highest BCUT2D eigenvalue weighted by molar-refractivity contribution is 14.0.